The van der Waals surface area contributed by atoms with Crippen molar-refractivity contribution < 1.29 is 9.53 Å². The Labute approximate surface area is 200 Å². The molecule has 2 heterocycles. The van der Waals surface area contributed by atoms with Gasteiger partial charge in [0.1, 0.15) is 12.4 Å². The Hall–Kier alpha value is -3.93. The van der Waals surface area contributed by atoms with Crippen LogP contribution in [-0.4, -0.2) is 20.9 Å². The summed E-state index contributed by atoms with van der Waals surface area (Å²) in [5.41, 5.74) is 5.16. The molecular formula is C28H30N4O2. The first-order valence-corrected chi connectivity index (χ1v) is 11.4. The Kier molecular flexibility index (Phi) is 6.77. The Morgan fingerprint density at radius 3 is 2.26 bits per heavy atom. The maximum absolute atomic E-state index is 11.2. The molecule has 0 aliphatic heterocycles. The third kappa shape index (κ3) is 5.70. The van der Waals surface area contributed by atoms with Crippen molar-refractivity contribution >= 4 is 11.9 Å². The number of imidazole rings is 1. The molecule has 2 N–H and O–H groups in total. The summed E-state index contributed by atoms with van der Waals surface area (Å²) in [6.07, 6.45) is 3.57. The molecule has 4 aromatic rings. The number of nitrogens with zero attached hydrogens (tertiary/aromatic N) is 2. The Balaban J connectivity index is 1.51. The largest absolute Gasteiger partial charge is 0.487 e. The number of hydrogen-bond acceptors (Lipinski definition) is 4. The van der Waals surface area contributed by atoms with Crippen LogP contribution in [0.4, 0.5) is 5.95 Å². The van der Waals surface area contributed by atoms with E-state index in [2.05, 4.69) is 77.4 Å². The number of H-pyrrole nitrogens is 1. The van der Waals surface area contributed by atoms with E-state index in [1.54, 1.807) is 12.4 Å². The maximum Gasteiger partial charge on any atom is 0.223 e. The van der Waals surface area contributed by atoms with Crippen molar-refractivity contribution in [2.75, 3.05) is 5.32 Å². The number of carbonyl (C=O) groups is 1. The second-order valence-electron chi connectivity index (χ2n) is 9.42. The van der Waals surface area contributed by atoms with Gasteiger partial charge in [-0.05, 0) is 40.8 Å². The molecule has 0 saturated heterocycles. The van der Waals surface area contributed by atoms with Crippen LogP contribution in [0.5, 0.6) is 5.75 Å². The van der Waals surface area contributed by atoms with Crippen molar-refractivity contribution in [1.29, 1.82) is 0 Å². The van der Waals surface area contributed by atoms with Crippen LogP contribution in [0.3, 0.4) is 0 Å². The summed E-state index contributed by atoms with van der Waals surface area (Å²) < 4.78 is 5.91. The van der Waals surface area contributed by atoms with E-state index in [4.69, 9.17) is 4.74 Å². The number of pyridine rings is 1. The molecule has 0 fully saturated rings. The molecule has 0 aliphatic carbocycles. The molecule has 1 amide bonds. The van der Waals surface area contributed by atoms with Gasteiger partial charge in [-0.25, -0.2) is 4.98 Å². The van der Waals surface area contributed by atoms with Crippen LogP contribution in [-0.2, 0) is 11.4 Å². The minimum Gasteiger partial charge on any atom is -0.487 e. The number of ether oxygens (including phenoxy) is 1. The Morgan fingerprint density at radius 2 is 1.68 bits per heavy atom. The summed E-state index contributed by atoms with van der Waals surface area (Å²) in [5.74, 6) is 1.33. The normalized spacial score (nSPS) is 12.2. The SMILES string of the molecule is CC(=O)Nc1nc(-c2ccc(C(c3ccc(OCc4ccccn4)cc3)C(C)(C)C)cc2)c[nH]1. The van der Waals surface area contributed by atoms with E-state index < -0.39 is 0 Å². The van der Waals surface area contributed by atoms with E-state index in [1.807, 2.05) is 30.3 Å². The maximum atomic E-state index is 11.2. The van der Waals surface area contributed by atoms with Gasteiger partial charge in [-0.3, -0.25) is 15.1 Å². The smallest absolute Gasteiger partial charge is 0.223 e. The van der Waals surface area contributed by atoms with E-state index >= 15 is 0 Å². The average molecular weight is 455 g/mol. The van der Waals surface area contributed by atoms with Gasteiger partial charge >= 0.3 is 0 Å². The molecule has 0 saturated carbocycles. The monoisotopic (exact) mass is 454 g/mol. The van der Waals surface area contributed by atoms with Gasteiger partial charge < -0.3 is 9.72 Å². The molecule has 34 heavy (non-hydrogen) atoms. The highest BCUT2D eigenvalue weighted by Crippen LogP contribution is 2.41. The molecule has 1 unspecified atom stereocenters. The van der Waals surface area contributed by atoms with Gasteiger partial charge in [-0.1, -0.05) is 63.2 Å². The van der Waals surface area contributed by atoms with Crippen molar-refractivity contribution in [3.8, 4) is 17.0 Å². The summed E-state index contributed by atoms with van der Waals surface area (Å²) in [4.78, 5) is 23.0. The zero-order chi connectivity index (χ0) is 24.1. The molecule has 0 spiro atoms. The fourth-order valence-corrected chi connectivity index (χ4v) is 4.14. The van der Waals surface area contributed by atoms with Crippen LogP contribution in [0.1, 0.15) is 50.4 Å². The molecule has 2 aromatic heterocycles. The van der Waals surface area contributed by atoms with Gasteiger partial charge in [-0.2, -0.15) is 0 Å². The number of rotatable bonds is 7. The van der Waals surface area contributed by atoms with Gasteiger partial charge in [0.2, 0.25) is 11.9 Å². The van der Waals surface area contributed by atoms with Crippen molar-refractivity contribution in [3.63, 3.8) is 0 Å². The Bertz CT molecular complexity index is 1220. The van der Waals surface area contributed by atoms with Gasteiger partial charge in [0, 0.05) is 30.8 Å². The lowest BCUT2D eigenvalue weighted by atomic mass is 9.72. The second-order valence-corrected chi connectivity index (χ2v) is 9.42. The molecule has 2 aromatic carbocycles. The molecule has 0 bridgehead atoms. The molecule has 0 aliphatic rings. The molecule has 1 atom stereocenters. The summed E-state index contributed by atoms with van der Waals surface area (Å²) in [6, 6.07) is 22.6. The number of hydrogen-bond donors (Lipinski definition) is 2. The number of nitrogens with one attached hydrogen (secondary N) is 2. The minimum absolute atomic E-state index is 0.0166. The van der Waals surface area contributed by atoms with E-state index in [0.717, 1.165) is 22.7 Å². The summed E-state index contributed by atoms with van der Waals surface area (Å²) in [6.45, 7) is 8.67. The molecule has 0 radical (unpaired) electrons. The first kappa shape index (κ1) is 23.2. The number of anilines is 1. The molecule has 6 nitrogen and oxygen atoms in total. The van der Waals surface area contributed by atoms with Crippen LogP contribution >= 0.6 is 0 Å². The van der Waals surface area contributed by atoms with Crippen molar-refractivity contribution in [2.24, 2.45) is 5.41 Å². The summed E-state index contributed by atoms with van der Waals surface area (Å²) in [7, 11) is 0. The van der Waals surface area contributed by atoms with Gasteiger partial charge in [0.05, 0.1) is 11.4 Å². The standard InChI is InChI=1S/C28H30N4O2/c1-19(33)31-27-30-17-25(32-27)20-8-10-21(11-9-20)26(28(2,3)4)22-12-14-24(15-13-22)34-18-23-7-5-6-16-29-23/h5-17,26H,18H2,1-4H3,(H2,30,31,32,33). The number of aromatic amines is 1. The van der Waals surface area contributed by atoms with Crippen LogP contribution in [0.15, 0.2) is 79.1 Å². The zero-order valence-corrected chi connectivity index (χ0v) is 20.0. The fourth-order valence-electron chi connectivity index (χ4n) is 4.14. The summed E-state index contributed by atoms with van der Waals surface area (Å²) >= 11 is 0. The third-order valence-corrected chi connectivity index (χ3v) is 5.60. The lowest BCUT2D eigenvalue weighted by Crippen LogP contribution is -2.19. The van der Waals surface area contributed by atoms with Gasteiger partial charge in [0.25, 0.3) is 0 Å². The highest BCUT2D eigenvalue weighted by atomic mass is 16.5. The quantitative estimate of drug-likeness (QED) is 0.349. The first-order valence-electron chi connectivity index (χ1n) is 11.4. The molecular weight excluding hydrogens is 424 g/mol. The topological polar surface area (TPSA) is 79.9 Å². The number of amides is 1. The van der Waals surface area contributed by atoms with Crippen LogP contribution in [0, 0.1) is 5.41 Å². The highest BCUT2D eigenvalue weighted by Gasteiger charge is 2.28. The zero-order valence-electron chi connectivity index (χ0n) is 20.0. The molecule has 174 valence electrons. The fraction of sp³-hybridized carbons (Fsp3) is 0.250. The van der Waals surface area contributed by atoms with Crippen LogP contribution in [0.25, 0.3) is 11.3 Å². The third-order valence-electron chi connectivity index (χ3n) is 5.60. The number of aromatic nitrogens is 3. The number of benzene rings is 2. The summed E-state index contributed by atoms with van der Waals surface area (Å²) in [5, 5.41) is 2.67. The second kappa shape index (κ2) is 9.91. The minimum atomic E-state index is -0.155. The van der Waals surface area contributed by atoms with Crippen LogP contribution in [0.2, 0.25) is 0 Å². The highest BCUT2D eigenvalue weighted by molar-refractivity contribution is 5.87. The van der Waals surface area contributed by atoms with Crippen LogP contribution < -0.4 is 10.1 Å². The average Bonchev–Trinajstić information content (AvgIpc) is 3.27. The van der Waals surface area contributed by atoms with Crippen molar-refractivity contribution in [2.45, 2.75) is 40.2 Å². The predicted molar refractivity (Wildman–Crippen MR) is 135 cm³/mol. The first-order chi connectivity index (χ1) is 16.3. The van der Waals surface area contributed by atoms with E-state index in [-0.39, 0.29) is 17.2 Å². The number of carbonyl (C=O) groups excluding carboxylic acids is 1. The van der Waals surface area contributed by atoms with E-state index in [1.165, 1.54) is 18.1 Å². The predicted octanol–water partition coefficient (Wildman–Crippen LogP) is 6.19. The van der Waals surface area contributed by atoms with E-state index in [9.17, 15) is 4.79 Å². The van der Waals surface area contributed by atoms with Gasteiger partial charge in [0.15, 0.2) is 0 Å². The lowest BCUT2D eigenvalue weighted by molar-refractivity contribution is -0.114. The molecule has 4 rings (SSSR count). The van der Waals surface area contributed by atoms with E-state index in [0.29, 0.717) is 12.6 Å². The Morgan fingerprint density at radius 1 is 1.00 bits per heavy atom. The van der Waals surface area contributed by atoms with Gasteiger partial charge in [-0.15, -0.1) is 0 Å². The molecule has 6 heteroatoms. The van der Waals surface area contributed by atoms with Crippen molar-refractivity contribution in [3.05, 3.63) is 95.9 Å². The lowest BCUT2D eigenvalue weighted by Gasteiger charge is -2.32. The van der Waals surface area contributed by atoms with Crippen molar-refractivity contribution in [1.82, 2.24) is 15.0 Å².